The Kier molecular flexibility index (Phi) is 5.99. The number of nitrogens with zero attached hydrogens (tertiary/aromatic N) is 2. The molecule has 5 heteroatoms. The molecule has 0 bridgehead atoms. The van der Waals surface area contributed by atoms with Crippen LogP contribution in [0.1, 0.15) is 39.0 Å². The molecule has 1 aliphatic rings. The highest BCUT2D eigenvalue weighted by Gasteiger charge is 2.12. The van der Waals surface area contributed by atoms with Gasteiger partial charge in [-0.3, -0.25) is 4.79 Å². The molecule has 1 atom stereocenters. The summed E-state index contributed by atoms with van der Waals surface area (Å²) in [6, 6.07) is 3.92. The minimum absolute atomic E-state index is 0.0304. The minimum atomic E-state index is 0.0304. The van der Waals surface area contributed by atoms with Crippen LogP contribution in [0.25, 0.3) is 0 Å². The summed E-state index contributed by atoms with van der Waals surface area (Å²) in [5.74, 6) is 1.42. The van der Waals surface area contributed by atoms with Crippen LogP contribution in [0.2, 0.25) is 0 Å². The first kappa shape index (κ1) is 15.8. The van der Waals surface area contributed by atoms with Gasteiger partial charge in [-0.05, 0) is 50.3 Å². The van der Waals surface area contributed by atoms with E-state index in [0.29, 0.717) is 18.9 Å². The monoisotopic (exact) mass is 290 g/mol. The molecule has 0 radical (unpaired) electrons. The van der Waals surface area contributed by atoms with E-state index in [4.69, 9.17) is 5.73 Å². The lowest BCUT2D eigenvalue weighted by atomic mass is 10.1. The van der Waals surface area contributed by atoms with Crippen LogP contribution in [-0.2, 0) is 4.79 Å². The van der Waals surface area contributed by atoms with Crippen LogP contribution >= 0.6 is 0 Å². The molecule has 0 aromatic carbocycles. The molecule has 1 aromatic heterocycles. The standard InChI is InChI=1S/C16H26N4O/c1-13(11-17)5-8-16(21)19-14-6-7-15(18-12-14)20-9-3-2-4-10-20/h6-7,12-13H,2-5,8-11,17H2,1H3,(H,19,21). The van der Waals surface area contributed by atoms with E-state index >= 15 is 0 Å². The third-order valence-electron chi connectivity index (χ3n) is 3.98. The van der Waals surface area contributed by atoms with Gasteiger partial charge in [-0.1, -0.05) is 6.92 Å². The summed E-state index contributed by atoms with van der Waals surface area (Å²) in [6.45, 7) is 4.84. The Morgan fingerprint density at radius 3 is 2.76 bits per heavy atom. The molecule has 0 spiro atoms. The van der Waals surface area contributed by atoms with Crippen molar-refractivity contribution in [2.75, 3.05) is 29.9 Å². The van der Waals surface area contributed by atoms with Crippen molar-refractivity contribution < 1.29 is 4.79 Å². The summed E-state index contributed by atoms with van der Waals surface area (Å²) in [5.41, 5.74) is 6.32. The normalized spacial score (nSPS) is 16.6. The Bertz CT molecular complexity index is 440. The lowest BCUT2D eigenvalue weighted by Crippen LogP contribution is -2.30. The average Bonchev–Trinajstić information content (AvgIpc) is 2.54. The van der Waals surface area contributed by atoms with Gasteiger partial charge in [0, 0.05) is 19.5 Å². The van der Waals surface area contributed by atoms with Crippen LogP contribution < -0.4 is 16.0 Å². The molecule has 3 N–H and O–H groups in total. The van der Waals surface area contributed by atoms with Crippen molar-refractivity contribution in [3.05, 3.63) is 18.3 Å². The molecule has 1 saturated heterocycles. The van der Waals surface area contributed by atoms with Crippen LogP contribution in [0.5, 0.6) is 0 Å². The zero-order valence-electron chi connectivity index (χ0n) is 12.8. The summed E-state index contributed by atoms with van der Waals surface area (Å²) in [5, 5.41) is 2.89. The first-order valence-electron chi connectivity index (χ1n) is 7.90. The van der Waals surface area contributed by atoms with Gasteiger partial charge < -0.3 is 16.0 Å². The zero-order chi connectivity index (χ0) is 15.1. The van der Waals surface area contributed by atoms with Gasteiger partial charge >= 0.3 is 0 Å². The number of piperidine rings is 1. The number of hydrogen-bond donors (Lipinski definition) is 2. The number of amides is 1. The maximum absolute atomic E-state index is 11.8. The fourth-order valence-electron chi connectivity index (χ4n) is 2.49. The number of carbonyl (C=O) groups is 1. The number of nitrogens with two attached hydrogens (primary N) is 1. The van der Waals surface area contributed by atoms with E-state index in [1.165, 1.54) is 19.3 Å². The van der Waals surface area contributed by atoms with Gasteiger partial charge in [-0.15, -0.1) is 0 Å². The summed E-state index contributed by atoms with van der Waals surface area (Å²) in [7, 11) is 0. The predicted molar refractivity (Wildman–Crippen MR) is 86.4 cm³/mol. The summed E-state index contributed by atoms with van der Waals surface area (Å²) in [6.07, 6.45) is 6.85. The highest BCUT2D eigenvalue weighted by atomic mass is 16.1. The third kappa shape index (κ3) is 5.01. The second-order valence-corrected chi connectivity index (χ2v) is 5.88. The first-order valence-corrected chi connectivity index (χ1v) is 7.90. The third-order valence-corrected chi connectivity index (χ3v) is 3.98. The van der Waals surface area contributed by atoms with Crippen molar-refractivity contribution in [2.45, 2.75) is 39.0 Å². The zero-order valence-corrected chi connectivity index (χ0v) is 12.8. The van der Waals surface area contributed by atoms with Crippen LogP contribution in [-0.4, -0.2) is 30.5 Å². The maximum Gasteiger partial charge on any atom is 0.224 e. The van der Waals surface area contributed by atoms with E-state index in [9.17, 15) is 4.79 Å². The van der Waals surface area contributed by atoms with Crippen molar-refractivity contribution in [3.8, 4) is 0 Å². The summed E-state index contributed by atoms with van der Waals surface area (Å²) in [4.78, 5) is 18.6. The smallest absolute Gasteiger partial charge is 0.224 e. The maximum atomic E-state index is 11.8. The quantitative estimate of drug-likeness (QED) is 0.844. The molecule has 1 amide bonds. The lowest BCUT2D eigenvalue weighted by Gasteiger charge is -2.27. The SMILES string of the molecule is CC(CN)CCC(=O)Nc1ccc(N2CCCCC2)nc1. The second kappa shape index (κ2) is 7.98. The molecular formula is C16H26N4O. The van der Waals surface area contributed by atoms with E-state index in [0.717, 1.165) is 31.0 Å². The molecule has 5 nitrogen and oxygen atoms in total. The Morgan fingerprint density at radius 2 is 2.14 bits per heavy atom. The Morgan fingerprint density at radius 1 is 1.38 bits per heavy atom. The van der Waals surface area contributed by atoms with Gasteiger partial charge in [0.1, 0.15) is 5.82 Å². The van der Waals surface area contributed by atoms with Crippen LogP contribution in [0.15, 0.2) is 18.3 Å². The first-order chi connectivity index (χ1) is 10.2. The Balaban J connectivity index is 1.82. The number of aromatic nitrogens is 1. The van der Waals surface area contributed by atoms with Crippen LogP contribution in [0.4, 0.5) is 11.5 Å². The topological polar surface area (TPSA) is 71.2 Å². The second-order valence-electron chi connectivity index (χ2n) is 5.88. The van der Waals surface area contributed by atoms with Gasteiger partial charge in [0.2, 0.25) is 5.91 Å². The van der Waals surface area contributed by atoms with E-state index in [-0.39, 0.29) is 5.91 Å². The number of rotatable bonds is 6. The van der Waals surface area contributed by atoms with E-state index in [1.54, 1.807) is 6.20 Å². The lowest BCUT2D eigenvalue weighted by molar-refractivity contribution is -0.116. The van der Waals surface area contributed by atoms with Gasteiger partial charge in [0.05, 0.1) is 11.9 Å². The van der Waals surface area contributed by atoms with Crippen molar-refractivity contribution in [2.24, 2.45) is 11.7 Å². The molecule has 1 aliphatic heterocycles. The highest BCUT2D eigenvalue weighted by molar-refractivity contribution is 5.90. The van der Waals surface area contributed by atoms with Crippen LogP contribution in [0.3, 0.4) is 0 Å². The van der Waals surface area contributed by atoms with E-state index in [2.05, 4.69) is 22.1 Å². The summed E-state index contributed by atoms with van der Waals surface area (Å²) >= 11 is 0. The fraction of sp³-hybridized carbons (Fsp3) is 0.625. The number of hydrogen-bond acceptors (Lipinski definition) is 4. The number of carbonyl (C=O) groups excluding carboxylic acids is 1. The molecule has 2 rings (SSSR count). The van der Waals surface area contributed by atoms with Gasteiger partial charge in [-0.2, -0.15) is 0 Å². The molecule has 1 unspecified atom stereocenters. The van der Waals surface area contributed by atoms with E-state index in [1.807, 2.05) is 12.1 Å². The molecule has 1 aromatic rings. The molecule has 0 aliphatic carbocycles. The molecule has 0 saturated carbocycles. The van der Waals surface area contributed by atoms with E-state index < -0.39 is 0 Å². The number of nitrogens with one attached hydrogen (secondary N) is 1. The van der Waals surface area contributed by atoms with Crippen molar-refractivity contribution >= 4 is 17.4 Å². The molecule has 116 valence electrons. The van der Waals surface area contributed by atoms with Gasteiger partial charge in [-0.25, -0.2) is 4.98 Å². The Hall–Kier alpha value is -1.62. The number of pyridine rings is 1. The van der Waals surface area contributed by atoms with Gasteiger partial charge in [0.25, 0.3) is 0 Å². The van der Waals surface area contributed by atoms with Crippen molar-refractivity contribution in [1.29, 1.82) is 0 Å². The fourth-order valence-corrected chi connectivity index (χ4v) is 2.49. The Labute approximate surface area is 126 Å². The minimum Gasteiger partial charge on any atom is -0.357 e. The largest absolute Gasteiger partial charge is 0.357 e. The molecule has 2 heterocycles. The van der Waals surface area contributed by atoms with Gasteiger partial charge in [0.15, 0.2) is 0 Å². The number of anilines is 2. The molecule has 1 fully saturated rings. The van der Waals surface area contributed by atoms with Crippen LogP contribution in [0, 0.1) is 5.92 Å². The van der Waals surface area contributed by atoms with Crippen molar-refractivity contribution in [3.63, 3.8) is 0 Å². The molecule has 21 heavy (non-hydrogen) atoms. The van der Waals surface area contributed by atoms with Crippen molar-refractivity contribution in [1.82, 2.24) is 4.98 Å². The summed E-state index contributed by atoms with van der Waals surface area (Å²) < 4.78 is 0. The highest BCUT2D eigenvalue weighted by Crippen LogP contribution is 2.19. The average molecular weight is 290 g/mol. The molecular weight excluding hydrogens is 264 g/mol. The predicted octanol–water partition coefficient (Wildman–Crippen LogP) is 2.39.